The minimum atomic E-state index is -0.891. The highest BCUT2D eigenvalue weighted by Gasteiger charge is 2.12. The molecule has 53 valence electrons. The Hall–Kier alpha value is -0.570. The minimum Gasteiger partial charge on any atom is -0.481 e. The Morgan fingerprint density at radius 1 is 1.78 bits per heavy atom. The molecule has 0 aliphatic rings. The van der Waals surface area contributed by atoms with E-state index in [9.17, 15) is 4.79 Å². The maximum absolute atomic E-state index is 10.1. The van der Waals surface area contributed by atoms with Crippen LogP contribution in [0.2, 0.25) is 0 Å². The van der Waals surface area contributed by atoms with Gasteiger partial charge in [-0.1, -0.05) is 6.92 Å². The van der Waals surface area contributed by atoms with Crippen molar-refractivity contribution < 1.29 is 15.0 Å². The molecule has 0 aromatic heterocycles. The Balaban J connectivity index is 3.50. The average molecular weight is 131 g/mol. The van der Waals surface area contributed by atoms with Gasteiger partial charge in [0.05, 0.1) is 12.0 Å². The predicted octanol–water partition coefficient (Wildman–Crippen LogP) is 0.292. The van der Waals surface area contributed by atoms with Crippen molar-refractivity contribution >= 4 is 5.97 Å². The van der Waals surface area contributed by atoms with Crippen LogP contribution in [0.1, 0.15) is 13.3 Å². The molecule has 3 nitrogen and oxygen atoms in total. The summed E-state index contributed by atoms with van der Waals surface area (Å²) >= 11 is 0. The molecule has 0 saturated heterocycles. The van der Waals surface area contributed by atoms with Crippen LogP contribution >= 0.6 is 0 Å². The predicted molar refractivity (Wildman–Crippen MR) is 32.8 cm³/mol. The number of hydrogen-bond acceptors (Lipinski definition) is 2. The van der Waals surface area contributed by atoms with E-state index < -0.39 is 18.0 Å². The van der Waals surface area contributed by atoms with Crippen LogP contribution in [0.4, 0.5) is 0 Å². The van der Waals surface area contributed by atoms with E-state index in [1.165, 1.54) is 6.92 Å². The van der Waals surface area contributed by atoms with Crippen molar-refractivity contribution in [1.82, 2.24) is 0 Å². The number of aliphatic carboxylic acids is 1. The highest BCUT2D eigenvalue weighted by Crippen LogP contribution is 2.04. The largest absolute Gasteiger partial charge is 0.481 e. The van der Waals surface area contributed by atoms with Gasteiger partial charge in [0.15, 0.2) is 0 Å². The van der Waals surface area contributed by atoms with Gasteiger partial charge in [0.2, 0.25) is 0 Å². The lowest BCUT2D eigenvalue weighted by Gasteiger charge is -2.06. The van der Waals surface area contributed by atoms with Gasteiger partial charge in [-0.25, -0.2) is 0 Å². The number of carbonyl (C=O) groups is 1. The topological polar surface area (TPSA) is 57.5 Å². The summed E-state index contributed by atoms with van der Waals surface area (Å²) in [7, 11) is 0. The molecule has 3 heteroatoms. The summed E-state index contributed by atoms with van der Waals surface area (Å²) in [6.45, 7) is 4.79. The lowest BCUT2D eigenvalue weighted by Crippen LogP contribution is -2.15. The molecule has 0 aromatic carbocycles. The van der Waals surface area contributed by atoms with Gasteiger partial charge in [-0.3, -0.25) is 4.79 Å². The Kier molecular flexibility index (Phi) is 3.24. The summed E-state index contributed by atoms with van der Waals surface area (Å²) < 4.78 is 0. The zero-order chi connectivity index (χ0) is 7.44. The van der Waals surface area contributed by atoms with Gasteiger partial charge in [0.25, 0.3) is 0 Å². The van der Waals surface area contributed by atoms with Crippen LogP contribution in [-0.2, 0) is 4.79 Å². The molecule has 0 amide bonds. The average Bonchev–Trinajstić information content (AvgIpc) is 1.63. The van der Waals surface area contributed by atoms with Crippen LogP contribution < -0.4 is 0 Å². The van der Waals surface area contributed by atoms with Crippen LogP contribution in [0.15, 0.2) is 0 Å². The van der Waals surface area contributed by atoms with E-state index in [-0.39, 0.29) is 6.42 Å². The van der Waals surface area contributed by atoms with Gasteiger partial charge < -0.3 is 10.2 Å². The van der Waals surface area contributed by atoms with Crippen molar-refractivity contribution in [3.05, 3.63) is 6.92 Å². The van der Waals surface area contributed by atoms with Crippen LogP contribution in [0.25, 0.3) is 0 Å². The molecule has 0 aliphatic carbocycles. The van der Waals surface area contributed by atoms with Crippen molar-refractivity contribution in [1.29, 1.82) is 0 Å². The van der Waals surface area contributed by atoms with Gasteiger partial charge in [-0.05, 0) is 13.3 Å². The van der Waals surface area contributed by atoms with Crippen molar-refractivity contribution in [2.75, 3.05) is 0 Å². The third-order valence-corrected chi connectivity index (χ3v) is 1.05. The molecule has 0 rings (SSSR count). The zero-order valence-corrected chi connectivity index (χ0v) is 5.37. The van der Waals surface area contributed by atoms with Crippen molar-refractivity contribution in [2.45, 2.75) is 19.4 Å². The van der Waals surface area contributed by atoms with E-state index in [1.54, 1.807) is 0 Å². The molecule has 2 N–H and O–H groups in total. The number of rotatable bonds is 3. The number of hydrogen-bond donors (Lipinski definition) is 2. The first-order valence-corrected chi connectivity index (χ1v) is 2.78. The highest BCUT2D eigenvalue weighted by molar-refractivity contribution is 5.69. The maximum Gasteiger partial charge on any atom is 0.306 e. The SMILES string of the molecule is [CH2]C(O)CC(C)C(=O)O. The van der Waals surface area contributed by atoms with Gasteiger partial charge in [0.1, 0.15) is 0 Å². The molecule has 0 fully saturated rings. The summed E-state index contributed by atoms with van der Waals surface area (Å²) in [5.41, 5.74) is 0. The third kappa shape index (κ3) is 3.97. The van der Waals surface area contributed by atoms with Gasteiger partial charge >= 0.3 is 5.97 Å². The second-order valence-electron chi connectivity index (χ2n) is 2.13. The Bertz CT molecular complexity index is 98.5. The molecule has 0 bridgehead atoms. The second kappa shape index (κ2) is 3.45. The summed E-state index contributed by atoms with van der Waals surface area (Å²) in [5.74, 6) is -1.39. The van der Waals surface area contributed by atoms with Gasteiger partial charge in [-0.2, -0.15) is 0 Å². The number of carboxylic acid groups (broad SMARTS) is 1. The van der Waals surface area contributed by atoms with Gasteiger partial charge in [-0.15, -0.1) is 0 Å². The monoisotopic (exact) mass is 131 g/mol. The number of carboxylic acids is 1. The molecular weight excluding hydrogens is 120 g/mol. The van der Waals surface area contributed by atoms with Crippen LogP contribution in [0.3, 0.4) is 0 Å². The number of aliphatic hydroxyl groups excluding tert-OH is 1. The molecule has 0 spiro atoms. The molecule has 1 radical (unpaired) electrons. The van der Waals surface area contributed by atoms with E-state index in [0.717, 1.165) is 0 Å². The fourth-order valence-electron chi connectivity index (χ4n) is 0.509. The fraction of sp³-hybridized carbons (Fsp3) is 0.667. The van der Waals surface area contributed by atoms with Crippen LogP contribution in [0, 0.1) is 12.8 Å². The van der Waals surface area contributed by atoms with Gasteiger partial charge in [0, 0.05) is 0 Å². The molecule has 0 aliphatic heterocycles. The first-order chi connectivity index (χ1) is 4.04. The van der Waals surface area contributed by atoms with Crippen molar-refractivity contribution in [2.24, 2.45) is 5.92 Å². The van der Waals surface area contributed by atoms with Crippen molar-refractivity contribution in [3.8, 4) is 0 Å². The molecule has 0 aromatic rings. The Labute approximate surface area is 54.3 Å². The van der Waals surface area contributed by atoms with E-state index in [2.05, 4.69) is 6.92 Å². The van der Waals surface area contributed by atoms with E-state index >= 15 is 0 Å². The number of aliphatic hydroxyl groups is 1. The molecule has 2 atom stereocenters. The Morgan fingerprint density at radius 3 is 2.33 bits per heavy atom. The highest BCUT2D eigenvalue weighted by atomic mass is 16.4. The molecule has 9 heavy (non-hydrogen) atoms. The summed E-state index contributed by atoms with van der Waals surface area (Å²) in [5, 5.41) is 16.9. The molecule has 0 heterocycles. The third-order valence-electron chi connectivity index (χ3n) is 1.05. The first-order valence-electron chi connectivity index (χ1n) is 2.78. The molecule has 0 saturated carbocycles. The van der Waals surface area contributed by atoms with Crippen molar-refractivity contribution in [3.63, 3.8) is 0 Å². The summed E-state index contributed by atoms with van der Waals surface area (Å²) in [4.78, 5) is 10.1. The summed E-state index contributed by atoms with van der Waals surface area (Å²) in [6, 6.07) is 0. The van der Waals surface area contributed by atoms with E-state index in [1.807, 2.05) is 0 Å². The van der Waals surface area contributed by atoms with Crippen LogP contribution in [-0.4, -0.2) is 22.3 Å². The lowest BCUT2D eigenvalue weighted by molar-refractivity contribution is -0.141. The zero-order valence-electron chi connectivity index (χ0n) is 5.37. The normalized spacial score (nSPS) is 16.8. The smallest absolute Gasteiger partial charge is 0.306 e. The molecule has 2 unspecified atom stereocenters. The first kappa shape index (κ1) is 8.43. The fourth-order valence-corrected chi connectivity index (χ4v) is 0.509. The lowest BCUT2D eigenvalue weighted by atomic mass is 10.1. The minimum absolute atomic E-state index is 0.218. The van der Waals surface area contributed by atoms with E-state index in [0.29, 0.717) is 0 Å². The second-order valence-corrected chi connectivity index (χ2v) is 2.13. The van der Waals surface area contributed by atoms with Crippen LogP contribution in [0.5, 0.6) is 0 Å². The Morgan fingerprint density at radius 2 is 2.22 bits per heavy atom. The van der Waals surface area contributed by atoms with E-state index in [4.69, 9.17) is 10.2 Å². The molecular formula is C6H11O3. The standard InChI is InChI=1S/C6H11O3/c1-4(6(8)9)3-5(2)7/h4-5,7H,2-3H2,1H3,(H,8,9). The maximum atomic E-state index is 10.1. The summed E-state index contributed by atoms with van der Waals surface area (Å²) in [6.07, 6.45) is -0.550. The quantitative estimate of drug-likeness (QED) is 0.578.